The fourth-order valence-corrected chi connectivity index (χ4v) is 3.24. The van der Waals surface area contributed by atoms with Gasteiger partial charge in [0, 0.05) is 21.3 Å². The van der Waals surface area contributed by atoms with Crippen LogP contribution < -0.4 is 0 Å². The molecule has 0 aliphatic heterocycles. The summed E-state index contributed by atoms with van der Waals surface area (Å²) in [6.07, 6.45) is 0. The van der Waals surface area contributed by atoms with Crippen molar-refractivity contribution in [1.29, 1.82) is 0 Å². The molecular formula is C14H13Br2ClO3. The summed E-state index contributed by atoms with van der Waals surface area (Å²) in [4.78, 5) is 12.2. The number of benzene rings is 1. The van der Waals surface area contributed by atoms with E-state index in [1.54, 1.807) is 12.1 Å². The minimum absolute atomic E-state index is 0.203. The number of rotatable bonds is 2. The Balaban J connectivity index is 2.60. The van der Waals surface area contributed by atoms with Gasteiger partial charge in [-0.2, -0.15) is 0 Å². The molecular weight excluding hydrogens is 411 g/mol. The predicted octanol–water partition coefficient (Wildman–Crippen LogP) is 5.70. The van der Waals surface area contributed by atoms with Crippen molar-refractivity contribution in [3.8, 4) is 0 Å². The van der Waals surface area contributed by atoms with Gasteiger partial charge < -0.3 is 9.15 Å². The van der Waals surface area contributed by atoms with Crippen LogP contribution >= 0.6 is 43.5 Å². The molecule has 0 aliphatic carbocycles. The first-order valence-corrected chi connectivity index (χ1v) is 8.22. The summed E-state index contributed by atoms with van der Waals surface area (Å²) in [7, 11) is 0. The molecule has 0 radical (unpaired) electrons. The van der Waals surface area contributed by atoms with Gasteiger partial charge in [-0.25, -0.2) is 4.79 Å². The average molecular weight is 425 g/mol. The van der Waals surface area contributed by atoms with E-state index in [0.29, 0.717) is 20.4 Å². The van der Waals surface area contributed by atoms with E-state index in [-0.39, 0.29) is 5.76 Å². The Morgan fingerprint density at radius 1 is 1.40 bits per heavy atom. The van der Waals surface area contributed by atoms with Gasteiger partial charge in [-0.15, -0.1) is 0 Å². The molecule has 0 fully saturated rings. The zero-order chi connectivity index (χ0) is 15.1. The van der Waals surface area contributed by atoms with Gasteiger partial charge in [0.1, 0.15) is 11.2 Å². The molecule has 0 amide bonds. The Morgan fingerprint density at radius 3 is 2.60 bits per heavy atom. The molecule has 1 aromatic heterocycles. The number of halogens is 3. The second kappa shape index (κ2) is 5.70. The van der Waals surface area contributed by atoms with Crippen molar-refractivity contribution in [2.45, 2.75) is 31.7 Å². The summed E-state index contributed by atoms with van der Waals surface area (Å²) < 4.78 is 11.7. The molecule has 0 spiro atoms. The van der Waals surface area contributed by atoms with E-state index in [9.17, 15) is 4.79 Å². The number of hydrogen-bond donors (Lipinski definition) is 0. The minimum Gasteiger partial charge on any atom is -0.454 e. The van der Waals surface area contributed by atoms with Crippen LogP contribution in [0.3, 0.4) is 0 Å². The molecule has 0 unspecified atom stereocenters. The fraction of sp³-hybridized carbons (Fsp3) is 0.357. The smallest absolute Gasteiger partial charge is 0.375 e. The Morgan fingerprint density at radius 2 is 2.05 bits per heavy atom. The van der Waals surface area contributed by atoms with Gasteiger partial charge in [0.15, 0.2) is 0 Å². The average Bonchev–Trinajstić information content (AvgIpc) is 2.65. The molecule has 0 aliphatic rings. The quantitative estimate of drug-likeness (QED) is 0.459. The van der Waals surface area contributed by atoms with Crippen LogP contribution in [-0.4, -0.2) is 11.6 Å². The van der Waals surface area contributed by atoms with Crippen LogP contribution in [0.4, 0.5) is 0 Å². The molecule has 0 N–H and O–H groups in total. The van der Waals surface area contributed by atoms with E-state index >= 15 is 0 Å². The second-order valence-corrected chi connectivity index (χ2v) is 7.16. The van der Waals surface area contributed by atoms with E-state index in [1.165, 1.54) is 0 Å². The summed E-state index contributed by atoms with van der Waals surface area (Å²) in [5.74, 6) is -0.277. The van der Waals surface area contributed by atoms with Crippen LogP contribution in [0.25, 0.3) is 11.0 Å². The highest BCUT2D eigenvalue weighted by Crippen LogP contribution is 2.36. The number of esters is 1. The molecule has 2 rings (SSSR count). The number of furan rings is 1. The standard InChI is InChI=1S/C14H13Br2ClO3/c1-14(2,3)20-13(18)12-9(6-15)8-4-7(17)5-10(16)11(8)19-12/h4-5H,6H2,1-3H3. The maximum atomic E-state index is 12.2. The Kier molecular flexibility index (Phi) is 4.52. The lowest BCUT2D eigenvalue weighted by atomic mass is 10.1. The lowest BCUT2D eigenvalue weighted by Gasteiger charge is -2.18. The summed E-state index contributed by atoms with van der Waals surface area (Å²) >= 11 is 12.8. The summed E-state index contributed by atoms with van der Waals surface area (Å²) in [5.41, 5.74) is 0.747. The van der Waals surface area contributed by atoms with E-state index in [0.717, 1.165) is 10.9 Å². The van der Waals surface area contributed by atoms with Gasteiger partial charge in [-0.3, -0.25) is 0 Å². The first-order valence-electron chi connectivity index (χ1n) is 5.92. The molecule has 0 atom stereocenters. The maximum absolute atomic E-state index is 12.2. The molecule has 1 aromatic carbocycles. The van der Waals surface area contributed by atoms with Crippen molar-refractivity contribution in [2.75, 3.05) is 0 Å². The molecule has 0 saturated carbocycles. The summed E-state index contributed by atoms with van der Waals surface area (Å²) in [5, 5.41) is 1.84. The van der Waals surface area contributed by atoms with Crippen molar-refractivity contribution in [3.63, 3.8) is 0 Å². The maximum Gasteiger partial charge on any atom is 0.375 e. The number of hydrogen-bond acceptors (Lipinski definition) is 3. The Labute approximate surface area is 138 Å². The van der Waals surface area contributed by atoms with Crippen LogP contribution in [-0.2, 0) is 10.1 Å². The van der Waals surface area contributed by atoms with Crippen molar-refractivity contribution in [2.24, 2.45) is 0 Å². The SMILES string of the molecule is CC(C)(C)OC(=O)c1oc2c(Br)cc(Cl)cc2c1CBr. The first kappa shape index (κ1) is 15.9. The van der Waals surface area contributed by atoms with Crippen molar-refractivity contribution in [1.82, 2.24) is 0 Å². The van der Waals surface area contributed by atoms with Crippen LogP contribution in [0.1, 0.15) is 36.9 Å². The number of carbonyl (C=O) groups excluding carboxylic acids is 1. The van der Waals surface area contributed by atoms with Gasteiger partial charge in [-0.1, -0.05) is 27.5 Å². The van der Waals surface area contributed by atoms with Crippen LogP contribution in [0.2, 0.25) is 5.02 Å². The third kappa shape index (κ3) is 3.21. The minimum atomic E-state index is -0.575. The lowest BCUT2D eigenvalue weighted by molar-refractivity contribution is 0.00370. The largest absolute Gasteiger partial charge is 0.454 e. The van der Waals surface area contributed by atoms with Crippen molar-refractivity contribution in [3.05, 3.63) is 33.0 Å². The Bertz CT molecular complexity index is 671. The summed E-state index contributed by atoms with van der Waals surface area (Å²) in [6.45, 7) is 5.44. The van der Waals surface area contributed by atoms with Crippen molar-refractivity contribution < 1.29 is 13.9 Å². The van der Waals surface area contributed by atoms with E-state index in [2.05, 4.69) is 31.9 Å². The normalized spacial score (nSPS) is 11.9. The van der Waals surface area contributed by atoms with E-state index < -0.39 is 11.6 Å². The molecule has 2 aromatic rings. The topological polar surface area (TPSA) is 39.4 Å². The lowest BCUT2D eigenvalue weighted by Crippen LogP contribution is -2.24. The zero-order valence-corrected chi connectivity index (χ0v) is 15.1. The van der Waals surface area contributed by atoms with E-state index in [1.807, 2.05) is 20.8 Å². The monoisotopic (exact) mass is 422 g/mol. The van der Waals surface area contributed by atoms with E-state index in [4.69, 9.17) is 20.8 Å². The van der Waals surface area contributed by atoms with Gasteiger partial charge in [0.2, 0.25) is 5.76 Å². The van der Waals surface area contributed by atoms with Gasteiger partial charge in [-0.05, 0) is 48.8 Å². The van der Waals surface area contributed by atoms with Crippen molar-refractivity contribution >= 4 is 60.4 Å². The second-order valence-electron chi connectivity index (χ2n) is 5.31. The van der Waals surface area contributed by atoms with Crippen LogP contribution in [0.5, 0.6) is 0 Å². The Hall–Kier alpha value is -0.520. The predicted molar refractivity (Wildman–Crippen MR) is 86.7 cm³/mol. The van der Waals surface area contributed by atoms with Gasteiger partial charge in [0.05, 0.1) is 4.47 Å². The molecule has 3 nitrogen and oxygen atoms in total. The molecule has 20 heavy (non-hydrogen) atoms. The molecule has 0 saturated heterocycles. The summed E-state index contributed by atoms with van der Waals surface area (Å²) in [6, 6.07) is 3.50. The van der Waals surface area contributed by atoms with Crippen LogP contribution in [0, 0.1) is 0 Å². The van der Waals surface area contributed by atoms with Gasteiger partial charge in [0.25, 0.3) is 0 Å². The highest BCUT2D eigenvalue weighted by Gasteiger charge is 2.26. The highest BCUT2D eigenvalue weighted by molar-refractivity contribution is 9.10. The molecule has 0 bridgehead atoms. The van der Waals surface area contributed by atoms with Gasteiger partial charge >= 0.3 is 5.97 Å². The fourth-order valence-electron chi connectivity index (χ4n) is 1.80. The number of ether oxygens (including phenoxy) is 1. The first-order chi connectivity index (χ1) is 9.23. The number of fused-ring (bicyclic) bond motifs is 1. The molecule has 6 heteroatoms. The number of carbonyl (C=O) groups is 1. The third-order valence-electron chi connectivity index (χ3n) is 2.53. The molecule has 1 heterocycles. The number of alkyl halides is 1. The highest BCUT2D eigenvalue weighted by atomic mass is 79.9. The van der Waals surface area contributed by atoms with Crippen LogP contribution in [0.15, 0.2) is 21.0 Å². The molecule has 108 valence electrons. The third-order valence-corrected chi connectivity index (χ3v) is 3.90. The zero-order valence-electron chi connectivity index (χ0n) is 11.2.